The minimum Gasteiger partial charge on any atom is -0.478 e. The van der Waals surface area contributed by atoms with E-state index in [-0.39, 0.29) is 12.1 Å². The third kappa shape index (κ3) is 3.31. The van der Waals surface area contributed by atoms with Gasteiger partial charge in [0, 0.05) is 16.8 Å². The number of sulfonamides is 1. The van der Waals surface area contributed by atoms with Crippen LogP contribution in [0, 0.1) is 0 Å². The molecule has 2 rings (SSSR count). The molecule has 0 fully saturated rings. The molecule has 0 saturated heterocycles. The molecule has 0 aliphatic rings. The van der Waals surface area contributed by atoms with Gasteiger partial charge in [0.2, 0.25) is 0 Å². The molecular weight excluding hydrogens is 314 g/mol. The molecule has 0 aliphatic heterocycles. The number of aromatic amines is 1. The number of rotatable bonds is 6. The predicted octanol–water partition coefficient (Wildman–Crippen LogP) is 1.43. The number of hydrogen-bond acceptors (Lipinski definition) is 5. The van der Waals surface area contributed by atoms with Gasteiger partial charge in [-0.25, -0.2) is 17.9 Å². The standard InChI is InChI=1S/C12H15N3O4S2/c1-12(2,9-4-3-5-20-9)7-14-21(18,19)10-8(11(16)17)6-13-15-10/h3-6,14H,7H2,1-2H3,(H,13,15)(H,16,17). The number of nitrogens with one attached hydrogen (secondary N) is 2. The van der Waals surface area contributed by atoms with E-state index in [4.69, 9.17) is 5.11 Å². The Morgan fingerprint density at radius 1 is 1.52 bits per heavy atom. The molecule has 0 amide bonds. The maximum absolute atomic E-state index is 12.2. The summed E-state index contributed by atoms with van der Waals surface area (Å²) in [4.78, 5) is 12.0. The molecule has 2 aromatic heterocycles. The summed E-state index contributed by atoms with van der Waals surface area (Å²) in [6.45, 7) is 3.97. The van der Waals surface area contributed by atoms with Crippen LogP contribution >= 0.6 is 11.3 Å². The van der Waals surface area contributed by atoms with Crippen molar-refractivity contribution in [2.45, 2.75) is 24.3 Å². The van der Waals surface area contributed by atoms with Crippen molar-refractivity contribution in [2.75, 3.05) is 6.54 Å². The van der Waals surface area contributed by atoms with Gasteiger partial charge in [-0.15, -0.1) is 11.3 Å². The van der Waals surface area contributed by atoms with E-state index in [1.54, 1.807) is 0 Å². The average Bonchev–Trinajstić information content (AvgIpc) is 3.07. The number of thiophene rings is 1. The zero-order valence-electron chi connectivity index (χ0n) is 11.5. The second-order valence-corrected chi connectivity index (χ2v) is 7.76. The first-order valence-corrected chi connectivity index (χ1v) is 8.40. The number of carboxylic acid groups (broad SMARTS) is 1. The van der Waals surface area contributed by atoms with Crippen LogP contribution in [0.25, 0.3) is 0 Å². The average molecular weight is 329 g/mol. The first-order valence-electron chi connectivity index (χ1n) is 6.04. The Bertz CT molecular complexity index is 732. The molecule has 0 aliphatic carbocycles. The Kier molecular flexibility index (Phi) is 4.17. The van der Waals surface area contributed by atoms with Gasteiger partial charge in [0.15, 0.2) is 5.03 Å². The SMILES string of the molecule is CC(C)(CNS(=O)(=O)c1[nH]ncc1C(=O)O)c1cccs1. The Hall–Kier alpha value is -1.71. The zero-order valence-corrected chi connectivity index (χ0v) is 13.1. The fourth-order valence-corrected chi connectivity index (χ4v) is 3.88. The molecule has 0 radical (unpaired) electrons. The van der Waals surface area contributed by atoms with Gasteiger partial charge in [-0.1, -0.05) is 19.9 Å². The van der Waals surface area contributed by atoms with Crippen molar-refractivity contribution >= 4 is 27.3 Å². The summed E-state index contributed by atoms with van der Waals surface area (Å²) >= 11 is 1.54. The van der Waals surface area contributed by atoms with Crippen LogP contribution in [0.15, 0.2) is 28.7 Å². The van der Waals surface area contributed by atoms with E-state index >= 15 is 0 Å². The van der Waals surface area contributed by atoms with Gasteiger partial charge < -0.3 is 5.11 Å². The molecule has 7 nitrogen and oxygen atoms in total. The normalized spacial score (nSPS) is 12.5. The number of hydrogen-bond donors (Lipinski definition) is 3. The summed E-state index contributed by atoms with van der Waals surface area (Å²) in [6.07, 6.45) is 0.974. The quantitative estimate of drug-likeness (QED) is 0.742. The number of H-pyrrole nitrogens is 1. The fourth-order valence-electron chi connectivity index (χ4n) is 1.73. The lowest BCUT2D eigenvalue weighted by Gasteiger charge is -2.23. The Morgan fingerprint density at radius 3 is 2.81 bits per heavy atom. The molecule has 2 aromatic rings. The molecule has 0 unspecified atom stereocenters. The van der Waals surface area contributed by atoms with Gasteiger partial charge in [-0.2, -0.15) is 5.10 Å². The molecular formula is C12H15N3O4S2. The summed E-state index contributed by atoms with van der Waals surface area (Å²) in [5, 5.41) is 16.1. The third-order valence-electron chi connectivity index (χ3n) is 3.00. The summed E-state index contributed by atoms with van der Waals surface area (Å²) < 4.78 is 26.8. The number of aromatic carboxylic acids is 1. The molecule has 0 aromatic carbocycles. The highest BCUT2D eigenvalue weighted by Gasteiger charge is 2.28. The third-order valence-corrected chi connectivity index (χ3v) is 5.60. The molecule has 21 heavy (non-hydrogen) atoms. The van der Waals surface area contributed by atoms with Crippen molar-refractivity contribution in [3.8, 4) is 0 Å². The van der Waals surface area contributed by atoms with E-state index in [1.165, 1.54) is 11.3 Å². The lowest BCUT2D eigenvalue weighted by Crippen LogP contribution is -2.36. The molecule has 114 valence electrons. The number of carbonyl (C=O) groups is 1. The topological polar surface area (TPSA) is 112 Å². The van der Waals surface area contributed by atoms with E-state index in [9.17, 15) is 13.2 Å². The summed E-state index contributed by atoms with van der Waals surface area (Å²) in [6, 6.07) is 3.82. The smallest absolute Gasteiger partial charge is 0.340 e. The minimum absolute atomic E-state index is 0.147. The second-order valence-electron chi connectivity index (χ2n) is 5.10. The highest BCUT2D eigenvalue weighted by Crippen LogP contribution is 2.27. The van der Waals surface area contributed by atoms with Gasteiger partial charge in [0.1, 0.15) is 5.56 Å². The molecule has 9 heteroatoms. The van der Waals surface area contributed by atoms with Crippen LogP contribution in [-0.2, 0) is 15.4 Å². The number of nitrogens with zero attached hydrogens (tertiary/aromatic N) is 1. The molecule has 2 heterocycles. The van der Waals surface area contributed by atoms with Gasteiger partial charge in [-0.3, -0.25) is 5.10 Å². The van der Waals surface area contributed by atoms with Crippen LogP contribution in [0.2, 0.25) is 0 Å². The van der Waals surface area contributed by atoms with Crippen LogP contribution in [0.4, 0.5) is 0 Å². The summed E-state index contributed by atoms with van der Waals surface area (Å²) in [5.41, 5.74) is -0.776. The Morgan fingerprint density at radius 2 is 2.24 bits per heavy atom. The van der Waals surface area contributed by atoms with E-state index in [0.717, 1.165) is 11.1 Å². The number of carboxylic acids is 1. The lowest BCUT2D eigenvalue weighted by atomic mass is 9.92. The lowest BCUT2D eigenvalue weighted by molar-refractivity contribution is 0.0692. The van der Waals surface area contributed by atoms with Gasteiger partial charge in [0.05, 0.1) is 6.20 Å². The fraction of sp³-hybridized carbons (Fsp3) is 0.333. The second kappa shape index (κ2) is 5.58. The van der Waals surface area contributed by atoms with Crippen LogP contribution in [-0.4, -0.2) is 36.2 Å². The van der Waals surface area contributed by atoms with Crippen molar-refractivity contribution in [2.24, 2.45) is 0 Å². The minimum atomic E-state index is -3.96. The van der Waals surface area contributed by atoms with E-state index < -0.39 is 26.4 Å². The largest absolute Gasteiger partial charge is 0.478 e. The number of aromatic nitrogens is 2. The van der Waals surface area contributed by atoms with Crippen LogP contribution < -0.4 is 4.72 Å². The highest BCUT2D eigenvalue weighted by molar-refractivity contribution is 7.89. The molecule has 0 atom stereocenters. The Balaban J connectivity index is 2.19. The summed E-state index contributed by atoms with van der Waals surface area (Å²) in [7, 11) is -3.96. The van der Waals surface area contributed by atoms with Crippen LogP contribution in [0.1, 0.15) is 29.1 Å². The summed E-state index contributed by atoms with van der Waals surface area (Å²) in [5.74, 6) is -1.35. The van der Waals surface area contributed by atoms with E-state index in [0.29, 0.717) is 0 Å². The van der Waals surface area contributed by atoms with Crippen LogP contribution in [0.5, 0.6) is 0 Å². The van der Waals surface area contributed by atoms with E-state index in [2.05, 4.69) is 14.9 Å². The van der Waals surface area contributed by atoms with Gasteiger partial charge in [-0.05, 0) is 11.4 Å². The van der Waals surface area contributed by atoms with Crippen molar-refractivity contribution in [3.63, 3.8) is 0 Å². The highest BCUT2D eigenvalue weighted by atomic mass is 32.2. The van der Waals surface area contributed by atoms with Gasteiger partial charge in [0.25, 0.3) is 10.0 Å². The molecule has 0 bridgehead atoms. The first-order chi connectivity index (χ1) is 9.74. The maximum atomic E-state index is 12.2. The van der Waals surface area contributed by atoms with E-state index in [1.807, 2.05) is 31.4 Å². The van der Waals surface area contributed by atoms with Crippen LogP contribution in [0.3, 0.4) is 0 Å². The van der Waals surface area contributed by atoms with Crippen molar-refractivity contribution < 1.29 is 18.3 Å². The van der Waals surface area contributed by atoms with Gasteiger partial charge >= 0.3 is 5.97 Å². The molecule has 0 saturated carbocycles. The molecule has 3 N–H and O–H groups in total. The Labute approximate surface area is 126 Å². The van der Waals surface area contributed by atoms with Crippen molar-refractivity contribution in [3.05, 3.63) is 34.2 Å². The van der Waals surface area contributed by atoms with Crippen molar-refractivity contribution in [1.29, 1.82) is 0 Å². The first kappa shape index (κ1) is 15.7. The zero-order chi connectivity index (χ0) is 15.7. The maximum Gasteiger partial charge on any atom is 0.340 e. The molecule has 0 spiro atoms. The monoisotopic (exact) mass is 329 g/mol. The predicted molar refractivity (Wildman–Crippen MR) is 78.1 cm³/mol. The van der Waals surface area contributed by atoms with Crippen molar-refractivity contribution in [1.82, 2.24) is 14.9 Å².